The molecule has 1 heterocycles. The summed E-state index contributed by atoms with van der Waals surface area (Å²) >= 11 is 1.69. The largest absolute Gasteiger partial charge is 0.416 e. The number of alkyl halides is 3. The molecule has 3 nitrogen and oxygen atoms in total. The van der Waals surface area contributed by atoms with Crippen molar-refractivity contribution in [2.75, 3.05) is 18.1 Å². The average molecular weight is 343 g/mol. The van der Waals surface area contributed by atoms with Crippen LogP contribution in [0.2, 0.25) is 0 Å². The molecular weight excluding hydrogens is 327 g/mol. The van der Waals surface area contributed by atoms with Gasteiger partial charge in [0.15, 0.2) is 0 Å². The molecule has 0 bridgehead atoms. The molecule has 2 N–H and O–H groups in total. The highest BCUT2D eigenvalue weighted by Gasteiger charge is 2.36. The van der Waals surface area contributed by atoms with Crippen LogP contribution in [0.25, 0.3) is 0 Å². The molecule has 0 radical (unpaired) electrons. The van der Waals surface area contributed by atoms with E-state index in [1.54, 1.807) is 11.8 Å². The summed E-state index contributed by atoms with van der Waals surface area (Å²) in [6.07, 6.45) is -3.54. The molecule has 2 rings (SSSR count). The maximum Gasteiger partial charge on any atom is 0.416 e. The lowest BCUT2D eigenvalue weighted by Gasteiger charge is -2.29. The lowest BCUT2D eigenvalue weighted by Crippen LogP contribution is -2.49. The highest BCUT2D eigenvalue weighted by atomic mass is 32.2. The van der Waals surface area contributed by atoms with Crippen molar-refractivity contribution >= 4 is 17.7 Å². The number of aliphatic hydroxyl groups is 1. The first-order valence-corrected chi connectivity index (χ1v) is 8.21. The number of benzene rings is 1. The van der Waals surface area contributed by atoms with E-state index in [4.69, 9.17) is 0 Å². The number of rotatable bonds is 2. The Kier molecular flexibility index (Phi) is 5.60. The van der Waals surface area contributed by atoms with Crippen LogP contribution in [0.5, 0.6) is 0 Å². The van der Waals surface area contributed by atoms with Gasteiger partial charge in [-0.25, -0.2) is 0 Å². The van der Waals surface area contributed by atoms with Crippen molar-refractivity contribution in [2.45, 2.75) is 24.6 Å². The number of thioether (sulfide) groups is 1. The van der Waals surface area contributed by atoms with E-state index in [-0.39, 0.29) is 6.54 Å². The van der Waals surface area contributed by atoms with Crippen molar-refractivity contribution in [1.82, 2.24) is 5.32 Å². The van der Waals surface area contributed by atoms with E-state index in [1.165, 1.54) is 12.1 Å². The second-order valence-electron chi connectivity index (χ2n) is 5.20. The van der Waals surface area contributed by atoms with Crippen LogP contribution in [-0.2, 0) is 11.0 Å². The van der Waals surface area contributed by atoms with E-state index in [2.05, 4.69) is 17.2 Å². The first kappa shape index (κ1) is 17.7. The minimum atomic E-state index is -4.37. The molecule has 1 aromatic rings. The molecule has 7 heteroatoms. The summed E-state index contributed by atoms with van der Waals surface area (Å²) in [7, 11) is 0. The van der Waals surface area contributed by atoms with Crippen LogP contribution in [0.3, 0.4) is 0 Å². The van der Waals surface area contributed by atoms with Gasteiger partial charge < -0.3 is 10.4 Å². The van der Waals surface area contributed by atoms with Gasteiger partial charge in [-0.15, -0.1) is 0 Å². The van der Waals surface area contributed by atoms with E-state index in [0.29, 0.717) is 18.4 Å². The second kappa shape index (κ2) is 7.28. The van der Waals surface area contributed by atoms with Crippen molar-refractivity contribution in [3.8, 4) is 11.8 Å². The number of carbonyl (C=O) groups excluding carboxylic acids is 1. The Morgan fingerprint density at radius 1 is 1.26 bits per heavy atom. The average Bonchev–Trinajstić information content (AvgIpc) is 2.51. The molecule has 1 aromatic carbocycles. The first-order valence-electron chi connectivity index (χ1n) is 7.06. The molecule has 0 aliphatic carbocycles. The summed E-state index contributed by atoms with van der Waals surface area (Å²) in [6.45, 7) is 0.0370. The van der Waals surface area contributed by atoms with E-state index in [1.807, 2.05) is 0 Å². The summed E-state index contributed by atoms with van der Waals surface area (Å²) < 4.78 is 37.3. The molecule has 0 unspecified atom stereocenters. The van der Waals surface area contributed by atoms with Gasteiger partial charge in [0.1, 0.15) is 5.60 Å². The molecule has 0 saturated carbocycles. The summed E-state index contributed by atoms with van der Waals surface area (Å²) in [5.74, 6) is 6.37. The standard InChI is InChI=1S/C16H16F3NO2S/c17-16(18,19)13-5-3-12(4-6-13)2-1-9-20-14(21)15(22)7-10-23-11-8-15/h3-6,22H,7-11H2,(H,20,21). The quantitative estimate of drug-likeness (QED) is 0.811. The van der Waals surface area contributed by atoms with Crippen molar-refractivity contribution in [3.05, 3.63) is 35.4 Å². The van der Waals surface area contributed by atoms with Crippen LogP contribution < -0.4 is 5.32 Å². The summed E-state index contributed by atoms with van der Waals surface area (Å²) in [4.78, 5) is 11.9. The Hall–Kier alpha value is -1.65. The van der Waals surface area contributed by atoms with Gasteiger partial charge in [0.25, 0.3) is 5.91 Å². The fourth-order valence-corrected chi connectivity index (χ4v) is 3.28. The third-order valence-corrected chi connectivity index (χ3v) is 4.51. The van der Waals surface area contributed by atoms with E-state index >= 15 is 0 Å². The summed E-state index contributed by atoms with van der Waals surface area (Å²) in [6, 6.07) is 4.49. The zero-order valence-electron chi connectivity index (χ0n) is 12.2. The van der Waals surface area contributed by atoms with Crippen LogP contribution in [-0.4, -0.2) is 34.7 Å². The Morgan fingerprint density at radius 2 is 1.87 bits per heavy atom. The third kappa shape index (κ3) is 4.91. The minimum absolute atomic E-state index is 0.0370. The predicted molar refractivity (Wildman–Crippen MR) is 82.8 cm³/mol. The number of halogens is 3. The smallest absolute Gasteiger partial charge is 0.380 e. The highest BCUT2D eigenvalue weighted by molar-refractivity contribution is 7.99. The van der Waals surface area contributed by atoms with Gasteiger partial charge in [0.2, 0.25) is 0 Å². The molecule has 1 aliphatic heterocycles. The number of nitrogens with one attached hydrogen (secondary N) is 1. The third-order valence-electron chi connectivity index (χ3n) is 3.52. The zero-order chi connectivity index (χ0) is 16.9. The minimum Gasteiger partial charge on any atom is -0.380 e. The molecular formula is C16H16F3NO2S. The van der Waals surface area contributed by atoms with Crippen molar-refractivity contribution in [1.29, 1.82) is 0 Å². The monoisotopic (exact) mass is 343 g/mol. The number of amides is 1. The second-order valence-corrected chi connectivity index (χ2v) is 6.43. The van der Waals surface area contributed by atoms with Gasteiger partial charge in [0, 0.05) is 5.56 Å². The Bertz CT molecular complexity index is 611. The van der Waals surface area contributed by atoms with Crippen molar-refractivity contribution in [3.63, 3.8) is 0 Å². The van der Waals surface area contributed by atoms with Crippen LogP contribution in [0.1, 0.15) is 24.0 Å². The molecule has 0 aromatic heterocycles. The maximum atomic E-state index is 12.4. The van der Waals surface area contributed by atoms with Crippen molar-refractivity contribution < 1.29 is 23.1 Å². The first-order chi connectivity index (χ1) is 10.8. The Morgan fingerprint density at radius 3 is 2.43 bits per heavy atom. The lowest BCUT2D eigenvalue weighted by molar-refractivity contribution is -0.140. The predicted octanol–water partition coefficient (Wildman–Crippen LogP) is 2.43. The molecule has 124 valence electrons. The van der Waals surface area contributed by atoms with E-state index in [9.17, 15) is 23.1 Å². The Labute approximate surface area is 136 Å². The molecule has 1 aliphatic rings. The van der Waals surface area contributed by atoms with Gasteiger partial charge in [-0.2, -0.15) is 24.9 Å². The summed E-state index contributed by atoms with van der Waals surface area (Å²) in [5, 5.41) is 12.7. The fourth-order valence-electron chi connectivity index (χ4n) is 2.11. The van der Waals surface area contributed by atoms with Crippen LogP contribution >= 0.6 is 11.8 Å². The molecule has 23 heavy (non-hydrogen) atoms. The molecule has 1 fully saturated rings. The SMILES string of the molecule is O=C(NCC#Cc1ccc(C(F)(F)F)cc1)C1(O)CCSCC1. The number of hydrogen-bond acceptors (Lipinski definition) is 3. The number of hydrogen-bond donors (Lipinski definition) is 2. The summed E-state index contributed by atoms with van der Waals surface area (Å²) in [5.41, 5.74) is -1.63. The number of carbonyl (C=O) groups is 1. The van der Waals surface area contributed by atoms with Gasteiger partial charge >= 0.3 is 6.18 Å². The van der Waals surface area contributed by atoms with Crippen LogP contribution in [0.4, 0.5) is 13.2 Å². The maximum absolute atomic E-state index is 12.4. The molecule has 0 atom stereocenters. The zero-order valence-corrected chi connectivity index (χ0v) is 13.1. The highest BCUT2D eigenvalue weighted by Crippen LogP contribution is 2.29. The molecule has 1 saturated heterocycles. The van der Waals surface area contributed by atoms with Gasteiger partial charge in [-0.05, 0) is 48.6 Å². The van der Waals surface area contributed by atoms with Gasteiger partial charge in [-0.1, -0.05) is 11.8 Å². The normalized spacial score (nSPS) is 17.0. The van der Waals surface area contributed by atoms with Gasteiger partial charge in [-0.3, -0.25) is 4.79 Å². The van der Waals surface area contributed by atoms with Gasteiger partial charge in [0.05, 0.1) is 12.1 Å². The Balaban J connectivity index is 1.87. The molecule has 0 spiro atoms. The van der Waals surface area contributed by atoms with Crippen LogP contribution in [0, 0.1) is 11.8 Å². The van der Waals surface area contributed by atoms with Crippen molar-refractivity contribution in [2.24, 2.45) is 0 Å². The fraction of sp³-hybridized carbons (Fsp3) is 0.438. The topological polar surface area (TPSA) is 49.3 Å². The van der Waals surface area contributed by atoms with Crippen LogP contribution in [0.15, 0.2) is 24.3 Å². The van der Waals surface area contributed by atoms with E-state index < -0.39 is 23.2 Å². The van der Waals surface area contributed by atoms with E-state index in [0.717, 1.165) is 23.6 Å². The lowest BCUT2D eigenvalue weighted by atomic mass is 9.96. The molecule has 1 amide bonds.